The summed E-state index contributed by atoms with van der Waals surface area (Å²) in [6.45, 7) is 6.46. The van der Waals surface area contributed by atoms with Crippen molar-refractivity contribution in [3.63, 3.8) is 0 Å². The first-order valence-electron chi connectivity index (χ1n) is 12.0. The van der Waals surface area contributed by atoms with Crippen molar-refractivity contribution in [1.82, 2.24) is 9.48 Å². The summed E-state index contributed by atoms with van der Waals surface area (Å²) in [7, 11) is -0.263. The highest BCUT2D eigenvalue weighted by atomic mass is 31.2. The Balaban J connectivity index is 1.28. The molecule has 0 bridgehead atoms. The third-order valence-electron chi connectivity index (χ3n) is 7.58. The van der Waals surface area contributed by atoms with Crippen LogP contribution >= 0.6 is 8.53 Å². The van der Waals surface area contributed by atoms with E-state index in [1.54, 1.807) is 0 Å². The van der Waals surface area contributed by atoms with Gasteiger partial charge in [-0.2, -0.15) is 0 Å². The second kappa shape index (κ2) is 9.58. The molecule has 4 saturated heterocycles. The fourth-order valence-electron chi connectivity index (χ4n) is 5.77. The zero-order chi connectivity index (χ0) is 21.4. The Bertz CT molecular complexity index is 758. The number of ether oxygens (including phenoxy) is 1. The van der Waals surface area contributed by atoms with E-state index in [1.807, 2.05) is 0 Å². The van der Waals surface area contributed by atoms with Crippen LogP contribution in [0.5, 0.6) is 0 Å². The Hall–Kier alpha value is -0.815. The largest absolute Gasteiger partial charge is 0.379 e. The van der Waals surface area contributed by atoms with Crippen LogP contribution in [-0.4, -0.2) is 66.6 Å². The topological polar surface area (TPSA) is 51.2 Å². The number of hydrogen-bond acceptors (Lipinski definition) is 6. The summed E-state index contributed by atoms with van der Waals surface area (Å²) in [6, 6.07) is 11.2. The van der Waals surface area contributed by atoms with Crippen LogP contribution in [-0.2, 0) is 18.6 Å². The molecule has 8 heteroatoms. The molecule has 5 rings (SSSR count). The van der Waals surface area contributed by atoms with Crippen LogP contribution in [0.2, 0.25) is 0 Å². The van der Waals surface area contributed by atoms with Crippen molar-refractivity contribution < 1.29 is 18.6 Å². The molecule has 0 radical (unpaired) electrons. The number of carbonyl (C=O) groups is 1. The van der Waals surface area contributed by atoms with E-state index in [9.17, 15) is 4.79 Å². The van der Waals surface area contributed by atoms with E-state index < -0.39 is 8.53 Å². The number of hydrogen-bond donors (Lipinski definition) is 0. The normalized spacial score (nSPS) is 41.0. The van der Waals surface area contributed by atoms with Gasteiger partial charge in [0.15, 0.2) is 0 Å². The molecule has 1 aromatic rings. The third-order valence-corrected chi connectivity index (χ3v) is 9.33. The van der Waals surface area contributed by atoms with Gasteiger partial charge in [-0.15, -0.1) is 0 Å². The van der Waals surface area contributed by atoms with Crippen molar-refractivity contribution in [2.24, 2.45) is 5.92 Å². The molecule has 31 heavy (non-hydrogen) atoms. The first-order chi connectivity index (χ1) is 15.2. The lowest BCUT2D eigenvalue weighted by Gasteiger charge is -2.28. The van der Waals surface area contributed by atoms with Crippen molar-refractivity contribution in [3.8, 4) is 0 Å². The van der Waals surface area contributed by atoms with Crippen LogP contribution in [0.1, 0.15) is 57.6 Å². The van der Waals surface area contributed by atoms with Crippen LogP contribution in [0, 0.1) is 5.92 Å². The average Bonchev–Trinajstić information content (AvgIpc) is 3.56. The van der Waals surface area contributed by atoms with Crippen LogP contribution in [0.25, 0.3) is 0 Å². The lowest BCUT2D eigenvalue weighted by atomic mass is 9.74. The van der Waals surface area contributed by atoms with Gasteiger partial charge in [0, 0.05) is 18.5 Å². The lowest BCUT2D eigenvalue weighted by molar-refractivity contribution is -0.110. The predicted octanol–water partition coefficient (Wildman–Crippen LogP) is 3.62. The molecule has 0 saturated carbocycles. The summed E-state index contributed by atoms with van der Waals surface area (Å²) in [4.78, 5) is 13.7. The molecule has 4 fully saturated rings. The minimum absolute atomic E-state index is 0.0363. The van der Waals surface area contributed by atoms with E-state index in [2.05, 4.69) is 53.7 Å². The number of benzene rings is 1. The third kappa shape index (κ3) is 4.26. The van der Waals surface area contributed by atoms with E-state index in [0.717, 1.165) is 46.1 Å². The molecule has 0 spiro atoms. The summed E-state index contributed by atoms with van der Waals surface area (Å²) in [6.07, 6.45) is 6.69. The average molecular weight is 444 g/mol. The first kappa shape index (κ1) is 22.0. The Labute approximate surface area is 187 Å². The Morgan fingerprint density at radius 3 is 2.81 bits per heavy atom. The van der Waals surface area contributed by atoms with Gasteiger partial charge in [-0.05, 0) is 44.2 Å². The van der Waals surface area contributed by atoms with Gasteiger partial charge in [0.1, 0.15) is 12.4 Å². The minimum atomic E-state index is -1.08. The SMILES string of the molecule is CC[C@H]1O[C@@H](BN2CCC[C@H]2C=O)C(C)[C@H]1O[P@]1O[C@@H](c2ccccc2)[C@H]2CCCN21. The van der Waals surface area contributed by atoms with Crippen molar-refractivity contribution in [1.29, 1.82) is 0 Å². The summed E-state index contributed by atoms with van der Waals surface area (Å²) in [5.74, 6) is 0.279. The summed E-state index contributed by atoms with van der Waals surface area (Å²) >= 11 is 0. The quantitative estimate of drug-likeness (QED) is 0.364. The van der Waals surface area contributed by atoms with E-state index in [0.29, 0.717) is 6.04 Å². The maximum absolute atomic E-state index is 11.4. The van der Waals surface area contributed by atoms with Crippen LogP contribution in [0.3, 0.4) is 0 Å². The zero-order valence-electron chi connectivity index (χ0n) is 18.6. The fraction of sp³-hybridized carbons (Fsp3) is 0.696. The maximum Gasteiger partial charge on any atom is 0.260 e. The predicted molar refractivity (Wildman–Crippen MR) is 123 cm³/mol. The molecule has 1 aromatic carbocycles. The van der Waals surface area contributed by atoms with Gasteiger partial charge in [0.25, 0.3) is 8.53 Å². The monoisotopic (exact) mass is 444 g/mol. The highest BCUT2D eigenvalue weighted by Crippen LogP contribution is 2.61. The number of fused-ring (bicyclic) bond motifs is 1. The molecular formula is C23H34BN2O4P. The highest BCUT2D eigenvalue weighted by molar-refractivity contribution is 7.45. The Morgan fingerprint density at radius 2 is 2.03 bits per heavy atom. The maximum atomic E-state index is 11.4. The lowest BCUT2D eigenvalue weighted by Crippen LogP contribution is -2.42. The molecule has 4 heterocycles. The minimum Gasteiger partial charge on any atom is -0.379 e. The van der Waals surface area contributed by atoms with E-state index in [-0.39, 0.29) is 36.3 Å². The number of nitrogens with zero attached hydrogens (tertiary/aromatic N) is 2. The van der Waals surface area contributed by atoms with Crippen LogP contribution in [0.15, 0.2) is 30.3 Å². The molecular weight excluding hydrogens is 410 g/mol. The van der Waals surface area contributed by atoms with Crippen LogP contribution < -0.4 is 0 Å². The molecule has 8 atom stereocenters. The molecule has 168 valence electrons. The van der Waals surface area contributed by atoms with Crippen LogP contribution in [0.4, 0.5) is 0 Å². The zero-order valence-corrected chi connectivity index (χ0v) is 19.5. The number of carbonyl (C=O) groups excluding carboxylic acids is 1. The second-order valence-electron chi connectivity index (χ2n) is 9.44. The number of rotatable bonds is 7. The fourth-order valence-corrected chi connectivity index (χ4v) is 7.84. The molecule has 6 nitrogen and oxygen atoms in total. The molecule has 1 unspecified atom stereocenters. The summed E-state index contributed by atoms with van der Waals surface area (Å²) in [5, 5.41) is 0. The van der Waals surface area contributed by atoms with Gasteiger partial charge in [0.05, 0.1) is 24.3 Å². The van der Waals surface area contributed by atoms with Crippen molar-refractivity contribution >= 4 is 22.2 Å². The molecule has 0 N–H and O–H groups in total. The van der Waals surface area contributed by atoms with Crippen molar-refractivity contribution in [2.45, 2.75) is 82.4 Å². The van der Waals surface area contributed by atoms with E-state index in [1.165, 1.54) is 18.4 Å². The van der Waals surface area contributed by atoms with Gasteiger partial charge in [0.2, 0.25) is 7.41 Å². The van der Waals surface area contributed by atoms with E-state index >= 15 is 0 Å². The second-order valence-corrected chi connectivity index (χ2v) is 10.8. The summed E-state index contributed by atoms with van der Waals surface area (Å²) in [5.41, 5.74) is 1.25. The molecule has 0 amide bonds. The van der Waals surface area contributed by atoms with Gasteiger partial charge in [-0.25, -0.2) is 4.67 Å². The Kier molecular flexibility index (Phi) is 6.80. The first-order valence-corrected chi connectivity index (χ1v) is 13.1. The molecule has 4 aliphatic rings. The van der Waals surface area contributed by atoms with Crippen molar-refractivity contribution in [2.75, 3.05) is 13.1 Å². The van der Waals surface area contributed by atoms with Crippen molar-refractivity contribution in [3.05, 3.63) is 35.9 Å². The Morgan fingerprint density at radius 1 is 1.23 bits per heavy atom. The molecule has 4 aliphatic heterocycles. The van der Waals surface area contributed by atoms with Gasteiger partial charge in [-0.1, -0.05) is 44.2 Å². The van der Waals surface area contributed by atoms with Gasteiger partial charge in [-0.3, -0.25) is 0 Å². The smallest absolute Gasteiger partial charge is 0.260 e. The van der Waals surface area contributed by atoms with Gasteiger partial charge >= 0.3 is 0 Å². The molecule has 0 aromatic heterocycles. The highest BCUT2D eigenvalue weighted by Gasteiger charge is 2.51. The van der Waals surface area contributed by atoms with E-state index in [4.69, 9.17) is 13.8 Å². The number of aldehydes is 1. The molecule has 0 aliphatic carbocycles. The standard InChI is InChI=1S/C23H34BN2O4P/c1-3-20-21(16(2)23(28-20)24-25-13-7-11-18(25)15-27)29-31-26-14-8-12-19(26)22(30-31)17-9-5-4-6-10-17/h4-6,9-10,15-16,18-24H,3,7-8,11-14H2,1-2H3/t16?,18-,19+,20+,21+,22-,23+,31+/m0/s1. The summed E-state index contributed by atoms with van der Waals surface area (Å²) < 4.78 is 22.3. The van der Waals surface area contributed by atoms with Gasteiger partial charge < -0.3 is 23.4 Å².